The summed E-state index contributed by atoms with van der Waals surface area (Å²) in [7, 11) is 0. The molecule has 1 aliphatic heterocycles. The number of hydrogen-bond donors (Lipinski definition) is 2. The molecule has 0 unspecified atom stereocenters. The third kappa shape index (κ3) is 4.64. The highest BCUT2D eigenvalue weighted by Crippen LogP contribution is 2.42. The fourth-order valence-electron chi connectivity index (χ4n) is 4.56. The molecule has 3 aromatic heterocycles. The molecule has 1 aliphatic rings. The van der Waals surface area contributed by atoms with E-state index in [4.69, 9.17) is 16.6 Å². The van der Waals surface area contributed by atoms with Gasteiger partial charge in [-0.15, -0.1) is 0 Å². The number of hydrogen-bond acceptors (Lipinski definition) is 4. The van der Waals surface area contributed by atoms with Gasteiger partial charge < -0.3 is 24.5 Å². The Kier molecular flexibility index (Phi) is 6.61. The van der Waals surface area contributed by atoms with Crippen LogP contribution in [0.3, 0.4) is 0 Å². The van der Waals surface area contributed by atoms with Crippen LogP contribution in [0.25, 0.3) is 0 Å². The SMILES string of the molecule is Cc1cc(N2C(=S)N[C@@H](c3ccccn3)[C@@H]2c2cccn2Cc2ccco2)ccc1NC(=O)C(C)C. The predicted molar refractivity (Wildman–Crippen MR) is 145 cm³/mol. The molecule has 0 spiro atoms. The highest BCUT2D eigenvalue weighted by Gasteiger charge is 2.42. The Morgan fingerprint density at radius 2 is 2.03 bits per heavy atom. The van der Waals surface area contributed by atoms with Gasteiger partial charge in [0.25, 0.3) is 0 Å². The van der Waals surface area contributed by atoms with Crippen molar-refractivity contribution < 1.29 is 9.21 Å². The zero-order valence-electron chi connectivity index (χ0n) is 20.5. The van der Waals surface area contributed by atoms with Crippen LogP contribution >= 0.6 is 12.2 Å². The lowest BCUT2D eigenvalue weighted by atomic mass is 10.0. The number of carbonyl (C=O) groups excluding carboxylic acids is 1. The average molecular weight is 500 g/mol. The van der Waals surface area contributed by atoms with Gasteiger partial charge in [0, 0.05) is 35.4 Å². The molecule has 1 saturated heterocycles. The minimum atomic E-state index is -0.149. The average Bonchev–Trinajstić information content (AvgIpc) is 3.61. The molecule has 2 atom stereocenters. The van der Waals surface area contributed by atoms with Crippen LogP contribution in [0, 0.1) is 12.8 Å². The summed E-state index contributed by atoms with van der Waals surface area (Å²) >= 11 is 5.88. The van der Waals surface area contributed by atoms with Crippen molar-refractivity contribution in [2.24, 2.45) is 5.92 Å². The van der Waals surface area contributed by atoms with Gasteiger partial charge >= 0.3 is 0 Å². The number of carbonyl (C=O) groups is 1. The number of pyridine rings is 1. The van der Waals surface area contributed by atoms with Crippen molar-refractivity contribution in [2.75, 3.05) is 10.2 Å². The van der Waals surface area contributed by atoms with E-state index >= 15 is 0 Å². The smallest absolute Gasteiger partial charge is 0.226 e. The number of nitrogens with one attached hydrogen (secondary N) is 2. The quantitative estimate of drug-likeness (QED) is 0.322. The Morgan fingerprint density at radius 3 is 2.72 bits per heavy atom. The lowest BCUT2D eigenvalue weighted by Gasteiger charge is -2.29. The number of anilines is 2. The summed E-state index contributed by atoms with van der Waals surface area (Å²) in [6, 6.07) is 19.7. The molecule has 0 saturated carbocycles. The van der Waals surface area contributed by atoms with Crippen LogP contribution in [-0.2, 0) is 11.3 Å². The maximum absolute atomic E-state index is 12.3. The number of aromatic nitrogens is 2. The first kappa shape index (κ1) is 23.8. The van der Waals surface area contributed by atoms with Gasteiger partial charge in [0.1, 0.15) is 11.8 Å². The molecular formula is C28H29N5O2S. The van der Waals surface area contributed by atoms with Crippen molar-refractivity contribution in [1.82, 2.24) is 14.9 Å². The van der Waals surface area contributed by atoms with E-state index in [1.54, 1.807) is 12.5 Å². The third-order valence-corrected chi connectivity index (χ3v) is 6.76. The monoisotopic (exact) mass is 499 g/mol. The number of benzene rings is 1. The molecule has 5 rings (SSSR count). The van der Waals surface area contributed by atoms with Gasteiger partial charge in [0.05, 0.1) is 24.5 Å². The predicted octanol–water partition coefficient (Wildman–Crippen LogP) is 5.60. The Labute approximate surface area is 216 Å². The summed E-state index contributed by atoms with van der Waals surface area (Å²) < 4.78 is 7.81. The molecule has 0 aliphatic carbocycles. The topological polar surface area (TPSA) is 75.3 Å². The second-order valence-corrected chi connectivity index (χ2v) is 9.67. The van der Waals surface area contributed by atoms with Crippen LogP contribution in [-0.4, -0.2) is 20.6 Å². The normalized spacial score (nSPS) is 17.4. The van der Waals surface area contributed by atoms with Crippen LogP contribution in [0.2, 0.25) is 0 Å². The molecule has 4 aromatic rings. The molecule has 7 nitrogen and oxygen atoms in total. The second kappa shape index (κ2) is 9.99. The van der Waals surface area contributed by atoms with E-state index in [0.717, 1.165) is 34.1 Å². The lowest BCUT2D eigenvalue weighted by Crippen LogP contribution is -2.30. The number of nitrogens with zero attached hydrogens (tertiary/aromatic N) is 3. The minimum absolute atomic E-state index is 0.00643. The van der Waals surface area contributed by atoms with Crippen molar-refractivity contribution in [2.45, 2.75) is 39.4 Å². The van der Waals surface area contributed by atoms with Gasteiger partial charge in [-0.05, 0) is 79.3 Å². The fourth-order valence-corrected chi connectivity index (χ4v) is 4.90. The first-order chi connectivity index (χ1) is 17.4. The first-order valence-corrected chi connectivity index (χ1v) is 12.4. The van der Waals surface area contributed by atoms with Gasteiger partial charge in [0.2, 0.25) is 5.91 Å². The van der Waals surface area contributed by atoms with Crippen molar-refractivity contribution in [1.29, 1.82) is 0 Å². The largest absolute Gasteiger partial charge is 0.467 e. The Balaban J connectivity index is 1.55. The van der Waals surface area contributed by atoms with Crippen LogP contribution in [0.4, 0.5) is 11.4 Å². The zero-order chi connectivity index (χ0) is 25.2. The summed E-state index contributed by atoms with van der Waals surface area (Å²) in [4.78, 5) is 19.1. The molecule has 1 aromatic carbocycles. The summed E-state index contributed by atoms with van der Waals surface area (Å²) in [5, 5.41) is 7.15. The maximum atomic E-state index is 12.3. The Morgan fingerprint density at radius 1 is 1.17 bits per heavy atom. The fraction of sp³-hybridized carbons (Fsp3) is 0.250. The van der Waals surface area contributed by atoms with E-state index in [2.05, 4.69) is 43.4 Å². The second-order valence-electron chi connectivity index (χ2n) is 9.28. The van der Waals surface area contributed by atoms with Crippen molar-refractivity contribution >= 4 is 34.6 Å². The summed E-state index contributed by atoms with van der Waals surface area (Å²) in [6.07, 6.45) is 5.55. The van der Waals surface area contributed by atoms with Crippen LogP contribution < -0.4 is 15.5 Å². The molecule has 0 radical (unpaired) electrons. The van der Waals surface area contributed by atoms with Crippen LogP contribution in [0.15, 0.2) is 83.7 Å². The molecule has 4 heterocycles. The molecule has 184 valence electrons. The Hall–Kier alpha value is -3.91. The molecule has 2 N–H and O–H groups in total. The molecular weight excluding hydrogens is 470 g/mol. The summed E-state index contributed by atoms with van der Waals surface area (Å²) in [5.41, 5.74) is 4.71. The van der Waals surface area contributed by atoms with Crippen LogP contribution in [0.5, 0.6) is 0 Å². The van der Waals surface area contributed by atoms with Crippen LogP contribution in [0.1, 0.15) is 48.6 Å². The maximum Gasteiger partial charge on any atom is 0.226 e. The number of amides is 1. The van der Waals surface area contributed by atoms with E-state index in [0.29, 0.717) is 11.7 Å². The highest BCUT2D eigenvalue weighted by molar-refractivity contribution is 7.80. The van der Waals surface area contributed by atoms with Gasteiger partial charge in [-0.25, -0.2) is 0 Å². The van der Waals surface area contributed by atoms with Gasteiger partial charge in [-0.2, -0.15) is 0 Å². The summed E-state index contributed by atoms with van der Waals surface area (Å²) in [5.74, 6) is 0.779. The van der Waals surface area contributed by atoms with E-state index in [1.807, 2.05) is 69.3 Å². The number of aryl methyl sites for hydroxylation is 1. The van der Waals surface area contributed by atoms with Gasteiger partial charge in [0.15, 0.2) is 5.11 Å². The van der Waals surface area contributed by atoms with Gasteiger partial charge in [-0.1, -0.05) is 19.9 Å². The van der Waals surface area contributed by atoms with E-state index in [1.165, 1.54) is 0 Å². The number of thiocarbonyl (C=S) groups is 1. The molecule has 8 heteroatoms. The van der Waals surface area contributed by atoms with Crippen molar-refractivity contribution in [3.63, 3.8) is 0 Å². The third-order valence-electron chi connectivity index (χ3n) is 6.44. The zero-order valence-corrected chi connectivity index (χ0v) is 21.3. The summed E-state index contributed by atoms with van der Waals surface area (Å²) in [6.45, 7) is 6.37. The number of rotatable bonds is 7. The molecule has 1 amide bonds. The van der Waals surface area contributed by atoms with E-state index < -0.39 is 0 Å². The van der Waals surface area contributed by atoms with Crippen molar-refractivity contribution in [3.05, 3.63) is 102 Å². The lowest BCUT2D eigenvalue weighted by molar-refractivity contribution is -0.118. The standard InChI is InChI=1S/C28H29N5O2S/c1-18(2)27(34)30-22-12-11-20(16-19(22)3)33-26(25(31-28(33)36)23-9-4-5-13-29-23)24-10-6-14-32(24)17-21-8-7-15-35-21/h4-16,18,25-26H,17H2,1-3H3,(H,30,34)(H,31,36)/t25-,26-/m0/s1. The highest BCUT2D eigenvalue weighted by atomic mass is 32.1. The molecule has 1 fully saturated rings. The molecule has 0 bridgehead atoms. The number of furan rings is 1. The van der Waals surface area contributed by atoms with Gasteiger partial charge in [-0.3, -0.25) is 9.78 Å². The van der Waals surface area contributed by atoms with E-state index in [-0.39, 0.29) is 23.9 Å². The van der Waals surface area contributed by atoms with Crippen molar-refractivity contribution in [3.8, 4) is 0 Å². The minimum Gasteiger partial charge on any atom is -0.467 e. The molecule has 36 heavy (non-hydrogen) atoms. The van der Waals surface area contributed by atoms with E-state index in [9.17, 15) is 4.79 Å². The Bertz CT molecular complexity index is 1360. The first-order valence-electron chi connectivity index (χ1n) is 12.0.